The number of halogens is 1. The van der Waals surface area contributed by atoms with E-state index in [1.54, 1.807) is 23.9 Å². The summed E-state index contributed by atoms with van der Waals surface area (Å²) in [6.07, 6.45) is 0. The van der Waals surface area contributed by atoms with Crippen molar-refractivity contribution in [2.75, 3.05) is 33.6 Å². The van der Waals surface area contributed by atoms with Gasteiger partial charge >= 0.3 is 0 Å². The Kier molecular flexibility index (Phi) is 7.55. The second-order valence-electron chi connectivity index (χ2n) is 7.40. The van der Waals surface area contributed by atoms with E-state index in [-0.39, 0.29) is 5.91 Å². The fraction of sp³-hybridized carbons (Fsp3) is 0.192. The number of aromatic nitrogens is 1. The highest BCUT2D eigenvalue weighted by molar-refractivity contribution is 7.99. The van der Waals surface area contributed by atoms with E-state index in [2.05, 4.69) is 22.4 Å². The molecule has 176 valence electrons. The van der Waals surface area contributed by atoms with Crippen molar-refractivity contribution in [2.24, 2.45) is 0 Å². The molecule has 0 fully saturated rings. The summed E-state index contributed by atoms with van der Waals surface area (Å²) in [7, 11) is 4.57. The van der Waals surface area contributed by atoms with Gasteiger partial charge in [0.1, 0.15) is 0 Å². The monoisotopic (exact) mass is 496 g/mol. The first-order valence-corrected chi connectivity index (χ1v) is 12.0. The van der Waals surface area contributed by atoms with Crippen LogP contribution in [0.2, 0.25) is 5.02 Å². The second kappa shape index (κ2) is 10.8. The lowest BCUT2D eigenvalue weighted by atomic mass is 10.1. The molecule has 2 N–H and O–H groups in total. The Morgan fingerprint density at radius 3 is 2.29 bits per heavy atom. The molecule has 0 aliphatic carbocycles. The fourth-order valence-electron chi connectivity index (χ4n) is 3.72. The van der Waals surface area contributed by atoms with E-state index in [0.29, 0.717) is 40.1 Å². The van der Waals surface area contributed by atoms with E-state index >= 15 is 0 Å². The van der Waals surface area contributed by atoms with Crippen molar-refractivity contribution in [3.8, 4) is 28.5 Å². The van der Waals surface area contributed by atoms with Gasteiger partial charge in [0.2, 0.25) is 5.75 Å². The summed E-state index contributed by atoms with van der Waals surface area (Å²) in [5, 5.41) is 4.82. The van der Waals surface area contributed by atoms with Crippen LogP contribution in [0.5, 0.6) is 17.2 Å². The SMILES string of the molecule is COc1cc(C(=O)NCCSc2c(-c3ccc(Cl)cc3)[nH]c3ccccc23)cc(OC)c1OC. The number of aromatic amines is 1. The number of hydrogen-bond donors (Lipinski definition) is 2. The second-order valence-corrected chi connectivity index (χ2v) is 8.94. The molecule has 6 nitrogen and oxygen atoms in total. The summed E-state index contributed by atoms with van der Waals surface area (Å²) in [4.78, 5) is 17.4. The Labute approximate surface area is 207 Å². The molecule has 0 bridgehead atoms. The molecule has 4 rings (SSSR count). The predicted molar refractivity (Wildman–Crippen MR) is 138 cm³/mol. The van der Waals surface area contributed by atoms with Gasteiger partial charge in [0.05, 0.1) is 27.0 Å². The van der Waals surface area contributed by atoms with Crippen molar-refractivity contribution in [1.82, 2.24) is 10.3 Å². The summed E-state index contributed by atoms with van der Waals surface area (Å²) in [6, 6.07) is 19.3. The Morgan fingerprint density at radius 1 is 0.971 bits per heavy atom. The number of ether oxygens (including phenoxy) is 3. The zero-order valence-corrected chi connectivity index (χ0v) is 20.7. The Hall–Kier alpha value is -3.29. The maximum absolute atomic E-state index is 12.8. The minimum atomic E-state index is -0.211. The maximum Gasteiger partial charge on any atom is 0.251 e. The molecule has 1 amide bonds. The van der Waals surface area contributed by atoms with Crippen LogP contribution in [0.3, 0.4) is 0 Å². The summed E-state index contributed by atoms with van der Waals surface area (Å²) in [5.74, 6) is 1.81. The van der Waals surface area contributed by atoms with E-state index in [4.69, 9.17) is 25.8 Å². The van der Waals surface area contributed by atoms with Crippen molar-refractivity contribution in [3.63, 3.8) is 0 Å². The molecule has 1 aromatic heterocycles. The molecule has 3 aromatic carbocycles. The van der Waals surface area contributed by atoms with Gasteiger partial charge in [-0.25, -0.2) is 0 Å². The Morgan fingerprint density at radius 2 is 1.65 bits per heavy atom. The first kappa shape index (κ1) is 23.9. The number of H-pyrrole nitrogens is 1. The molecular weight excluding hydrogens is 472 g/mol. The van der Waals surface area contributed by atoms with Crippen LogP contribution in [0.25, 0.3) is 22.2 Å². The molecule has 0 saturated heterocycles. The van der Waals surface area contributed by atoms with E-state index in [0.717, 1.165) is 27.1 Å². The van der Waals surface area contributed by atoms with E-state index < -0.39 is 0 Å². The summed E-state index contributed by atoms with van der Waals surface area (Å²) in [6.45, 7) is 0.486. The molecule has 8 heteroatoms. The van der Waals surface area contributed by atoms with Crippen molar-refractivity contribution in [1.29, 1.82) is 0 Å². The lowest BCUT2D eigenvalue weighted by Gasteiger charge is -2.14. The van der Waals surface area contributed by atoms with Crippen LogP contribution in [-0.2, 0) is 0 Å². The number of methoxy groups -OCH3 is 3. The first-order chi connectivity index (χ1) is 16.5. The zero-order valence-electron chi connectivity index (χ0n) is 19.1. The van der Waals surface area contributed by atoms with Crippen LogP contribution in [0.15, 0.2) is 65.6 Å². The molecule has 0 radical (unpaired) electrons. The molecule has 0 spiro atoms. The standard InChI is InChI=1S/C26H25ClN2O4S/c1-31-21-14-17(15-22(32-2)24(21)33-3)26(30)28-12-13-34-25-19-6-4-5-7-20(19)29-23(25)16-8-10-18(27)11-9-16/h4-11,14-15,29H,12-13H2,1-3H3,(H,28,30). The maximum atomic E-state index is 12.8. The number of fused-ring (bicyclic) bond motifs is 1. The number of benzene rings is 3. The molecular formula is C26H25ClN2O4S. The van der Waals surface area contributed by atoms with Crippen molar-refractivity contribution in [3.05, 3.63) is 71.2 Å². The third-order valence-electron chi connectivity index (χ3n) is 5.35. The zero-order chi connectivity index (χ0) is 24.1. The molecule has 4 aromatic rings. The molecule has 0 unspecified atom stereocenters. The number of nitrogens with one attached hydrogen (secondary N) is 2. The topological polar surface area (TPSA) is 72.6 Å². The van der Waals surface area contributed by atoms with Crippen molar-refractivity contribution >= 4 is 40.2 Å². The van der Waals surface area contributed by atoms with Crippen LogP contribution in [0, 0.1) is 0 Å². The minimum Gasteiger partial charge on any atom is -0.493 e. The van der Waals surface area contributed by atoms with Gasteiger partial charge < -0.3 is 24.5 Å². The largest absolute Gasteiger partial charge is 0.493 e. The van der Waals surface area contributed by atoms with Crippen LogP contribution in [0.1, 0.15) is 10.4 Å². The summed E-state index contributed by atoms with van der Waals surface area (Å²) >= 11 is 7.77. The lowest BCUT2D eigenvalue weighted by molar-refractivity contribution is 0.0955. The van der Waals surface area contributed by atoms with Crippen molar-refractivity contribution in [2.45, 2.75) is 4.90 Å². The van der Waals surface area contributed by atoms with Gasteiger partial charge in [0.15, 0.2) is 11.5 Å². The van der Waals surface area contributed by atoms with E-state index in [9.17, 15) is 4.79 Å². The predicted octanol–water partition coefficient (Wildman–Crippen LogP) is 6.04. The first-order valence-electron chi connectivity index (χ1n) is 10.6. The van der Waals surface area contributed by atoms with Gasteiger partial charge in [-0.1, -0.05) is 41.9 Å². The number of carbonyl (C=O) groups excluding carboxylic acids is 1. The van der Waals surface area contributed by atoms with Crippen LogP contribution < -0.4 is 19.5 Å². The third kappa shape index (κ3) is 4.95. The van der Waals surface area contributed by atoms with E-state index in [1.165, 1.54) is 21.3 Å². The number of amides is 1. The highest BCUT2D eigenvalue weighted by Gasteiger charge is 2.17. The molecule has 0 atom stereocenters. The smallest absolute Gasteiger partial charge is 0.251 e. The van der Waals surface area contributed by atoms with Gasteiger partial charge in [-0.2, -0.15) is 0 Å². The van der Waals surface area contributed by atoms with Crippen LogP contribution in [0.4, 0.5) is 0 Å². The fourth-order valence-corrected chi connectivity index (χ4v) is 4.90. The number of thioether (sulfide) groups is 1. The summed E-state index contributed by atoms with van der Waals surface area (Å²) < 4.78 is 16.0. The molecule has 1 heterocycles. The quantitative estimate of drug-likeness (QED) is 0.218. The van der Waals surface area contributed by atoms with Gasteiger partial charge in [0, 0.05) is 38.7 Å². The number of carbonyl (C=O) groups is 1. The molecule has 0 saturated carbocycles. The normalized spacial score (nSPS) is 10.8. The van der Waals surface area contributed by atoms with Gasteiger partial charge in [-0.3, -0.25) is 4.79 Å². The number of rotatable bonds is 9. The highest BCUT2D eigenvalue weighted by atomic mass is 35.5. The molecule has 0 aliphatic rings. The average Bonchev–Trinajstić information content (AvgIpc) is 3.24. The number of para-hydroxylation sites is 1. The average molecular weight is 497 g/mol. The molecule has 0 aliphatic heterocycles. The Balaban J connectivity index is 1.48. The van der Waals surface area contributed by atoms with Crippen LogP contribution in [-0.4, -0.2) is 44.5 Å². The van der Waals surface area contributed by atoms with Gasteiger partial charge in [-0.05, 0) is 35.9 Å². The summed E-state index contributed by atoms with van der Waals surface area (Å²) in [5.41, 5.74) is 3.60. The lowest BCUT2D eigenvalue weighted by Crippen LogP contribution is -2.25. The molecule has 34 heavy (non-hydrogen) atoms. The van der Waals surface area contributed by atoms with E-state index in [1.807, 2.05) is 36.4 Å². The minimum absolute atomic E-state index is 0.211. The third-order valence-corrected chi connectivity index (χ3v) is 6.73. The number of hydrogen-bond acceptors (Lipinski definition) is 5. The Bertz CT molecular complexity index is 1280. The van der Waals surface area contributed by atoms with Gasteiger partial charge in [-0.15, -0.1) is 11.8 Å². The van der Waals surface area contributed by atoms with Crippen LogP contribution >= 0.6 is 23.4 Å². The van der Waals surface area contributed by atoms with Gasteiger partial charge in [0.25, 0.3) is 5.91 Å². The highest BCUT2D eigenvalue weighted by Crippen LogP contribution is 2.39. The van der Waals surface area contributed by atoms with Crippen molar-refractivity contribution < 1.29 is 19.0 Å².